The number of hydrazine groups is 1. The third-order valence-corrected chi connectivity index (χ3v) is 6.94. The van der Waals surface area contributed by atoms with Crippen molar-refractivity contribution in [3.05, 3.63) is 47.8 Å². The molecule has 0 aliphatic carbocycles. The van der Waals surface area contributed by atoms with Gasteiger partial charge in [0.05, 0.1) is 12.3 Å². The zero-order valence-electron chi connectivity index (χ0n) is 24.0. The van der Waals surface area contributed by atoms with Crippen LogP contribution < -0.4 is 16.5 Å². The minimum absolute atomic E-state index is 0.102. The van der Waals surface area contributed by atoms with Crippen molar-refractivity contribution in [2.45, 2.75) is 79.0 Å². The van der Waals surface area contributed by atoms with Crippen molar-refractivity contribution in [1.29, 1.82) is 0 Å². The highest BCUT2D eigenvalue weighted by Crippen LogP contribution is 2.23. The molecule has 3 atom stereocenters. The van der Waals surface area contributed by atoms with E-state index in [0.717, 1.165) is 22.9 Å². The number of nitrogens with two attached hydrogens (primary N) is 1. The van der Waals surface area contributed by atoms with Crippen LogP contribution in [0.5, 0.6) is 0 Å². The highest BCUT2D eigenvalue weighted by molar-refractivity contribution is 5.89. The highest BCUT2D eigenvalue weighted by Gasteiger charge is 2.32. The second-order valence-electron chi connectivity index (χ2n) is 11.4. The number of fused-ring (bicyclic) bond motifs is 1. The highest BCUT2D eigenvalue weighted by atomic mass is 16.5. The van der Waals surface area contributed by atoms with Crippen molar-refractivity contribution >= 4 is 34.6 Å². The van der Waals surface area contributed by atoms with Crippen LogP contribution in [0.3, 0.4) is 0 Å². The van der Waals surface area contributed by atoms with Crippen molar-refractivity contribution in [2.24, 2.45) is 17.1 Å². The summed E-state index contributed by atoms with van der Waals surface area (Å²) in [5.41, 5.74) is 10.0. The van der Waals surface area contributed by atoms with Gasteiger partial charge in [-0.15, -0.1) is 0 Å². The molecule has 1 aliphatic rings. The molecule has 0 radical (unpaired) electrons. The molecule has 2 heterocycles. The molecule has 0 saturated carbocycles. The predicted molar refractivity (Wildman–Crippen MR) is 153 cm³/mol. The molecule has 1 aliphatic heterocycles. The third-order valence-electron chi connectivity index (χ3n) is 6.94. The Kier molecular flexibility index (Phi) is 10.2. The van der Waals surface area contributed by atoms with E-state index in [0.29, 0.717) is 26.0 Å². The number of nitrogens with one attached hydrogen (secondary N) is 2. The van der Waals surface area contributed by atoms with Gasteiger partial charge in [0.2, 0.25) is 11.8 Å². The zero-order chi connectivity index (χ0) is 28.7. The quantitative estimate of drug-likeness (QED) is 0.403. The molecule has 1 aromatic carbocycles. The van der Waals surface area contributed by atoms with Crippen LogP contribution in [-0.4, -0.2) is 59.1 Å². The summed E-state index contributed by atoms with van der Waals surface area (Å²) in [4.78, 5) is 42.1. The lowest BCUT2D eigenvalue weighted by Crippen LogP contribution is -2.60. The van der Waals surface area contributed by atoms with Gasteiger partial charge in [-0.1, -0.05) is 58.9 Å². The molecule has 0 bridgehead atoms. The fraction of sp³-hybridized carbons (Fsp3) is 0.533. The van der Waals surface area contributed by atoms with E-state index in [1.807, 2.05) is 46.0 Å². The number of carbonyl (C=O) groups is 3. The second-order valence-corrected chi connectivity index (χ2v) is 11.4. The molecule has 1 saturated heterocycles. The Labute approximate surface area is 231 Å². The predicted octanol–water partition coefficient (Wildman–Crippen LogP) is 3.36. The number of ether oxygens (including phenoxy) is 1. The maximum absolute atomic E-state index is 13.1. The van der Waals surface area contributed by atoms with E-state index < -0.39 is 24.1 Å². The fourth-order valence-electron chi connectivity index (χ4n) is 4.49. The molecule has 0 spiro atoms. The second kappa shape index (κ2) is 13.2. The van der Waals surface area contributed by atoms with Gasteiger partial charge < -0.3 is 15.8 Å². The minimum Gasteiger partial charge on any atom is -0.368 e. The number of hydrogen-bond donors (Lipinski definition) is 3. The van der Waals surface area contributed by atoms with Gasteiger partial charge in [-0.3, -0.25) is 24.4 Å². The molecule has 2 aromatic rings. The van der Waals surface area contributed by atoms with Crippen LogP contribution >= 0.6 is 0 Å². The van der Waals surface area contributed by atoms with E-state index >= 15 is 0 Å². The number of aryl methyl sites for hydroxylation is 1. The third kappa shape index (κ3) is 8.34. The lowest BCUT2D eigenvalue weighted by atomic mass is 9.93. The number of primary amides is 1. The number of nitrogens with zero attached hydrogens (tertiary/aromatic N) is 2. The SMILES string of the molecule is CCc1ccc2cnc(/C=C/C(C)(C)COC(C(=O)N[C@@H](C)C(=O)N3CCC[C@@H](C(N)=O)N3)C(C)C)cc2c1. The Hall–Kier alpha value is -3.30. The lowest BCUT2D eigenvalue weighted by Gasteiger charge is -2.34. The van der Waals surface area contributed by atoms with E-state index in [9.17, 15) is 14.4 Å². The Morgan fingerprint density at radius 2 is 1.97 bits per heavy atom. The average Bonchev–Trinajstić information content (AvgIpc) is 2.90. The van der Waals surface area contributed by atoms with E-state index in [2.05, 4.69) is 46.9 Å². The Morgan fingerprint density at radius 3 is 2.64 bits per heavy atom. The summed E-state index contributed by atoms with van der Waals surface area (Å²) in [5.74, 6) is -1.28. The van der Waals surface area contributed by atoms with E-state index in [1.54, 1.807) is 6.92 Å². The minimum atomic E-state index is -0.790. The Morgan fingerprint density at radius 1 is 1.23 bits per heavy atom. The van der Waals surface area contributed by atoms with Crippen LogP contribution in [-0.2, 0) is 25.5 Å². The van der Waals surface area contributed by atoms with Gasteiger partial charge in [-0.05, 0) is 55.2 Å². The van der Waals surface area contributed by atoms with Crippen molar-refractivity contribution < 1.29 is 19.1 Å². The van der Waals surface area contributed by atoms with Crippen LogP contribution in [0.1, 0.15) is 65.6 Å². The average molecular weight is 538 g/mol. The van der Waals surface area contributed by atoms with E-state index in [-0.39, 0.29) is 23.1 Å². The first kappa shape index (κ1) is 30.2. The van der Waals surface area contributed by atoms with Crippen LogP contribution in [0.25, 0.3) is 16.8 Å². The number of rotatable bonds is 11. The summed E-state index contributed by atoms with van der Waals surface area (Å²) >= 11 is 0. The summed E-state index contributed by atoms with van der Waals surface area (Å²) in [7, 11) is 0. The maximum atomic E-state index is 13.1. The van der Waals surface area contributed by atoms with Crippen LogP contribution in [0.4, 0.5) is 0 Å². The standard InChI is InChI=1S/C30H43N5O4/c1-7-21-10-11-22-17-32-24(16-23(22)15-21)12-13-30(5,6)18-39-26(19(2)3)28(37)33-20(4)29(38)35-14-8-9-25(34-35)27(31)36/h10-13,15-17,19-20,25-26,34H,7-9,14,18H2,1-6H3,(H2,31,36)(H,33,37)/b13-12+/t20-,25-,26?/m0/s1. The smallest absolute Gasteiger partial charge is 0.258 e. The van der Waals surface area contributed by atoms with E-state index in [1.165, 1.54) is 10.6 Å². The van der Waals surface area contributed by atoms with Gasteiger partial charge in [-0.2, -0.15) is 0 Å². The Balaban J connectivity index is 1.59. The molecule has 1 unspecified atom stereocenters. The van der Waals surface area contributed by atoms with Crippen molar-refractivity contribution in [3.63, 3.8) is 0 Å². The summed E-state index contributed by atoms with van der Waals surface area (Å²) < 4.78 is 6.11. The lowest BCUT2D eigenvalue weighted by molar-refractivity contribution is -0.146. The van der Waals surface area contributed by atoms with Crippen molar-refractivity contribution in [1.82, 2.24) is 20.7 Å². The molecule has 1 fully saturated rings. The van der Waals surface area contributed by atoms with Gasteiger partial charge in [0.15, 0.2) is 0 Å². The number of pyridine rings is 1. The molecule has 212 valence electrons. The van der Waals surface area contributed by atoms with Crippen LogP contribution in [0, 0.1) is 11.3 Å². The number of aromatic nitrogens is 1. The molecular formula is C30H43N5O4. The molecule has 1 aromatic heterocycles. The number of hydrogen-bond acceptors (Lipinski definition) is 6. The summed E-state index contributed by atoms with van der Waals surface area (Å²) in [6, 6.07) is 7.11. The first-order chi connectivity index (χ1) is 18.4. The monoisotopic (exact) mass is 537 g/mol. The van der Waals surface area contributed by atoms with Crippen LogP contribution in [0.15, 0.2) is 36.5 Å². The topological polar surface area (TPSA) is 127 Å². The molecule has 9 heteroatoms. The summed E-state index contributed by atoms with van der Waals surface area (Å²) in [6.45, 7) is 12.4. The van der Waals surface area contributed by atoms with Gasteiger partial charge in [-0.25, -0.2) is 5.43 Å². The summed E-state index contributed by atoms with van der Waals surface area (Å²) in [5, 5.41) is 6.41. The molecule has 4 N–H and O–H groups in total. The molecule has 9 nitrogen and oxygen atoms in total. The largest absolute Gasteiger partial charge is 0.368 e. The molecule has 39 heavy (non-hydrogen) atoms. The molecule has 3 amide bonds. The van der Waals surface area contributed by atoms with Crippen molar-refractivity contribution in [3.8, 4) is 0 Å². The van der Waals surface area contributed by atoms with Gasteiger partial charge in [0.1, 0.15) is 18.2 Å². The maximum Gasteiger partial charge on any atom is 0.258 e. The van der Waals surface area contributed by atoms with Gasteiger partial charge in [0, 0.05) is 23.5 Å². The van der Waals surface area contributed by atoms with Gasteiger partial charge >= 0.3 is 0 Å². The first-order valence-corrected chi connectivity index (χ1v) is 13.8. The number of amides is 3. The van der Waals surface area contributed by atoms with Crippen LogP contribution in [0.2, 0.25) is 0 Å². The number of carbonyl (C=O) groups excluding carboxylic acids is 3. The number of benzene rings is 1. The van der Waals surface area contributed by atoms with Gasteiger partial charge in [0.25, 0.3) is 5.91 Å². The van der Waals surface area contributed by atoms with Crippen molar-refractivity contribution in [2.75, 3.05) is 13.2 Å². The summed E-state index contributed by atoms with van der Waals surface area (Å²) in [6.07, 6.45) is 7.39. The zero-order valence-corrected chi connectivity index (χ0v) is 24.0. The van der Waals surface area contributed by atoms with E-state index in [4.69, 9.17) is 10.5 Å². The fourth-order valence-corrected chi connectivity index (χ4v) is 4.49. The first-order valence-electron chi connectivity index (χ1n) is 13.8. The molecular weight excluding hydrogens is 494 g/mol. The molecule has 3 rings (SSSR count). The normalized spacial score (nSPS) is 17.9. The Bertz CT molecular complexity index is 1210.